The Morgan fingerprint density at radius 3 is 2.26 bits per heavy atom. The van der Waals surface area contributed by atoms with Crippen LogP contribution in [0.1, 0.15) is 39.5 Å². The van der Waals surface area contributed by atoms with E-state index in [9.17, 15) is 0 Å². The second-order valence-electron chi connectivity index (χ2n) is 4.89. The van der Waals surface area contributed by atoms with E-state index in [2.05, 4.69) is 35.1 Å². The van der Waals surface area contributed by atoms with Crippen molar-refractivity contribution in [2.45, 2.75) is 45.6 Å². The number of nitrogens with one attached hydrogen (secondary N) is 1. The maximum atomic E-state index is 5.63. The molecule has 0 spiro atoms. The van der Waals surface area contributed by atoms with Crippen LogP contribution in [0.15, 0.2) is 16.6 Å². The third-order valence-corrected chi connectivity index (χ3v) is 3.92. The van der Waals surface area contributed by atoms with Gasteiger partial charge in [-0.15, -0.1) is 0 Å². The van der Waals surface area contributed by atoms with E-state index in [1.807, 2.05) is 12.1 Å². The van der Waals surface area contributed by atoms with Crippen LogP contribution >= 0.6 is 15.9 Å². The van der Waals surface area contributed by atoms with Gasteiger partial charge in [0.15, 0.2) is 11.5 Å². The molecule has 1 N–H and O–H groups in total. The Balaban J connectivity index is 2.14. The van der Waals surface area contributed by atoms with Gasteiger partial charge in [-0.3, -0.25) is 0 Å². The van der Waals surface area contributed by atoms with Gasteiger partial charge >= 0.3 is 0 Å². The topological polar surface area (TPSA) is 30.5 Å². The SMILES string of the molecule is CCCC(CCC)Nc1cc2c(cc1Br)OCCO2. The predicted molar refractivity (Wildman–Crippen MR) is 82.4 cm³/mol. The zero-order valence-electron chi connectivity index (χ0n) is 11.7. The summed E-state index contributed by atoms with van der Waals surface area (Å²) in [6.45, 7) is 5.70. The normalized spacial score (nSPS) is 13.7. The molecule has 1 heterocycles. The van der Waals surface area contributed by atoms with Gasteiger partial charge in [-0.1, -0.05) is 26.7 Å². The summed E-state index contributed by atoms with van der Waals surface area (Å²) in [7, 11) is 0. The van der Waals surface area contributed by atoms with E-state index in [4.69, 9.17) is 9.47 Å². The number of halogens is 1. The van der Waals surface area contributed by atoms with E-state index in [1.54, 1.807) is 0 Å². The minimum absolute atomic E-state index is 0.522. The van der Waals surface area contributed by atoms with Crippen LogP contribution in [0.25, 0.3) is 0 Å². The van der Waals surface area contributed by atoms with Crippen molar-refractivity contribution in [2.75, 3.05) is 18.5 Å². The quantitative estimate of drug-likeness (QED) is 0.828. The largest absolute Gasteiger partial charge is 0.486 e. The molecule has 19 heavy (non-hydrogen) atoms. The van der Waals surface area contributed by atoms with Crippen LogP contribution in [0, 0.1) is 0 Å². The molecular formula is C15H22BrNO2. The molecule has 0 radical (unpaired) electrons. The number of hydrogen-bond acceptors (Lipinski definition) is 3. The zero-order chi connectivity index (χ0) is 13.7. The van der Waals surface area contributed by atoms with Crippen LogP contribution in [-0.4, -0.2) is 19.3 Å². The molecule has 0 saturated carbocycles. The lowest BCUT2D eigenvalue weighted by Crippen LogP contribution is -2.20. The third kappa shape index (κ3) is 3.78. The Morgan fingerprint density at radius 1 is 1.11 bits per heavy atom. The third-order valence-electron chi connectivity index (χ3n) is 3.27. The van der Waals surface area contributed by atoms with Gasteiger partial charge in [-0.2, -0.15) is 0 Å². The number of fused-ring (bicyclic) bond motifs is 1. The van der Waals surface area contributed by atoms with Gasteiger partial charge in [0, 0.05) is 22.6 Å². The summed E-state index contributed by atoms with van der Waals surface area (Å²) in [6.07, 6.45) is 4.77. The van der Waals surface area contributed by atoms with Crippen molar-refractivity contribution in [3.8, 4) is 11.5 Å². The van der Waals surface area contributed by atoms with Gasteiger partial charge in [-0.25, -0.2) is 0 Å². The number of ether oxygens (including phenoxy) is 2. The molecule has 0 aliphatic carbocycles. The van der Waals surface area contributed by atoms with E-state index < -0.39 is 0 Å². The van der Waals surface area contributed by atoms with Crippen LogP contribution in [0.5, 0.6) is 11.5 Å². The van der Waals surface area contributed by atoms with E-state index in [-0.39, 0.29) is 0 Å². The van der Waals surface area contributed by atoms with Gasteiger partial charge in [0.05, 0.1) is 5.69 Å². The summed E-state index contributed by atoms with van der Waals surface area (Å²) in [5.41, 5.74) is 1.09. The van der Waals surface area contributed by atoms with Crippen molar-refractivity contribution in [3.63, 3.8) is 0 Å². The number of rotatable bonds is 6. The fourth-order valence-electron chi connectivity index (χ4n) is 2.38. The zero-order valence-corrected chi connectivity index (χ0v) is 13.3. The van der Waals surface area contributed by atoms with Gasteiger partial charge in [0.2, 0.25) is 0 Å². The molecule has 2 rings (SSSR count). The summed E-state index contributed by atoms with van der Waals surface area (Å²) in [5, 5.41) is 3.62. The van der Waals surface area contributed by atoms with Gasteiger partial charge in [0.25, 0.3) is 0 Å². The lowest BCUT2D eigenvalue weighted by molar-refractivity contribution is 0.171. The standard InChI is InChI=1S/C15H22BrNO2/c1-3-5-11(6-4-2)17-13-10-15-14(9-12(13)16)18-7-8-19-15/h9-11,17H,3-8H2,1-2H3. The molecule has 1 aliphatic heterocycles. The highest BCUT2D eigenvalue weighted by Gasteiger charge is 2.16. The minimum Gasteiger partial charge on any atom is -0.486 e. The fourth-order valence-corrected chi connectivity index (χ4v) is 2.82. The Kier molecular flexibility index (Phi) is 5.37. The molecule has 0 fully saturated rings. The first-order chi connectivity index (χ1) is 9.24. The highest BCUT2D eigenvalue weighted by atomic mass is 79.9. The Labute approximate surface area is 123 Å². The summed E-state index contributed by atoms with van der Waals surface area (Å²) in [6, 6.07) is 4.55. The van der Waals surface area contributed by atoms with Crippen LogP contribution in [0.2, 0.25) is 0 Å². The predicted octanol–water partition coefficient (Wildman–Crippen LogP) is 4.60. The first-order valence-corrected chi connectivity index (χ1v) is 7.89. The van der Waals surface area contributed by atoms with Crippen molar-refractivity contribution in [3.05, 3.63) is 16.6 Å². The lowest BCUT2D eigenvalue weighted by Gasteiger charge is -2.23. The summed E-state index contributed by atoms with van der Waals surface area (Å²) >= 11 is 3.61. The monoisotopic (exact) mass is 327 g/mol. The molecule has 1 aliphatic rings. The molecule has 0 bridgehead atoms. The molecule has 0 saturated heterocycles. The number of benzene rings is 1. The van der Waals surface area contributed by atoms with Crippen molar-refractivity contribution in [1.82, 2.24) is 0 Å². The average molecular weight is 328 g/mol. The second kappa shape index (κ2) is 7.04. The summed E-state index contributed by atoms with van der Waals surface area (Å²) in [5.74, 6) is 1.66. The van der Waals surface area contributed by atoms with Crippen LogP contribution in [0.3, 0.4) is 0 Å². The van der Waals surface area contributed by atoms with Crippen molar-refractivity contribution < 1.29 is 9.47 Å². The maximum absolute atomic E-state index is 5.63. The molecule has 1 aromatic rings. The second-order valence-corrected chi connectivity index (χ2v) is 5.75. The van der Waals surface area contributed by atoms with E-state index >= 15 is 0 Å². The molecule has 3 nitrogen and oxygen atoms in total. The van der Waals surface area contributed by atoms with E-state index in [0.29, 0.717) is 19.3 Å². The van der Waals surface area contributed by atoms with Crippen molar-refractivity contribution >= 4 is 21.6 Å². The smallest absolute Gasteiger partial charge is 0.163 e. The van der Waals surface area contributed by atoms with E-state index in [1.165, 1.54) is 25.7 Å². The first-order valence-electron chi connectivity index (χ1n) is 7.10. The Hall–Kier alpha value is -0.900. The highest BCUT2D eigenvalue weighted by Crippen LogP contribution is 2.38. The molecule has 0 amide bonds. The Morgan fingerprint density at radius 2 is 1.68 bits per heavy atom. The Bertz CT molecular complexity index is 417. The van der Waals surface area contributed by atoms with Gasteiger partial charge in [-0.05, 0) is 28.8 Å². The molecule has 0 aromatic heterocycles. The minimum atomic E-state index is 0.522. The molecule has 1 aromatic carbocycles. The molecule has 0 unspecified atom stereocenters. The molecular weight excluding hydrogens is 306 g/mol. The summed E-state index contributed by atoms with van der Waals surface area (Å²) in [4.78, 5) is 0. The highest BCUT2D eigenvalue weighted by molar-refractivity contribution is 9.10. The number of anilines is 1. The summed E-state index contributed by atoms with van der Waals surface area (Å²) < 4.78 is 12.2. The van der Waals surface area contributed by atoms with Crippen molar-refractivity contribution in [2.24, 2.45) is 0 Å². The first kappa shape index (κ1) is 14.5. The van der Waals surface area contributed by atoms with E-state index in [0.717, 1.165) is 21.7 Å². The van der Waals surface area contributed by atoms with Gasteiger partial charge < -0.3 is 14.8 Å². The fraction of sp³-hybridized carbons (Fsp3) is 0.600. The lowest BCUT2D eigenvalue weighted by atomic mass is 10.1. The van der Waals surface area contributed by atoms with Crippen LogP contribution in [0.4, 0.5) is 5.69 Å². The average Bonchev–Trinajstić information content (AvgIpc) is 2.40. The van der Waals surface area contributed by atoms with Crippen LogP contribution < -0.4 is 14.8 Å². The van der Waals surface area contributed by atoms with Gasteiger partial charge in [0.1, 0.15) is 13.2 Å². The molecule has 0 atom stereocenters. The number of hydrogen-bond donors (Lipinski definition) is 1. The molecule has 106 valence electrons. The molecule has 4 heteroatoms. The van der Waals surface area contributed by atoms with Crippen LogP contribution in [-0.2, 0) is 0 Å². The maximum Gasteiger partial charge on any atom is 0.163 e. The van der Waals surface area contributed by atoms with Crippen molar-refractivity contribution in [1.29, 1.82) is 0 Å².